The number of rotatable bonds is 7. The lowest BCUT2D eigenvalue weighted by Crippen LogP contribution is -2.18. The van der Waals surface area contributed by atoms with Gasteiger partial charge in [0, 0.05) is 10.8 Å². The van der Waals surface area contributed by atoms with Gasteiger partial charge in [-0.15, -0.1) is 11.8 Å². The summed E-state index contributed by atoms with van der Waals surface area (Å²) in [6.45, 7) is 4.56. The Bertz CT molecular complexity index is 683. The largest absolute Gasteiger partial charge is 0.508 e. The van der Waals surface area contributed by atoms with Gasteiger partial charge in [0.1, 0.15) is 23.9 Å². The Kier molecular flexibility index (Phi) is 10.3. The Morgan fingerprint density at radius 2 is 1.50 bits per heavy atom. The van der Waals surface area contributed by atoms with E-state index in [-0.39, 0.29) is 17.8 Å². The second-order valence-electron chi connectivity index (χ2n) is 5.88. The Labute approximate surface area is 180 Å². The zero-order chi connectivity index (χ0) is 19.6. The average Bonchev–Trinajstić information content (AvgIpc) is 2.68. The van der Waals surface area contributed by atoms with Crippen LogP contribution in [0.5, 0.6) is 11.5 Å². The van der Waals surface area contributed by atoms with Crippen molar-refractivity contribution in [2.45, 2.75) is 19.3 Å². The molecular formula is C20H25IO3S2. The van der Waals surface area contributed by atoms with Crippen LogP contribution in [0.25, 0.3) is 0 Å². The molecule has 0 aliphatic carbocycles. The summed E-state index contributed by atoms with van der Waals surface area (Å²) in [6, 6.07) is 16.1. The van der Waals surface area contributed by atoms with Crippen LogP contribution < -0.4 is 7.80 Å². The SMILES string of the molecule is CS.CS/C=C(\O)COc1ccc(C(C)(C)c2ccc(OI)cc2)cc1. The maximum Gasteiger partial charge on any atom is 0.192 e. The number of benzene rings is 2. The Hall–Kier alpha value is -0.990. The van der Waals surface area contributed by atoms with Crippen LogP contribution in [-0.4, -0.2) is 24.2 Å². The maximum absolute atomic E-state index is 9.59. The number of ether oxygens (including phenoxy) is 1. The summed E-state index contributed by atoms with van der Waals surface area (Å²) < 4.78 is 10.8. The van der Waals surface area contributed by atoms with Crippen LogP contribution in [0, 0.1) is 0 Å². The number of thiol groups is 1. The van der Waals surface area contributed by atoms with Gasteiger partial charge in [-0.05, 0) is 47.9 Å². The first-order valence-electron chi connectivity index (χ1n) is 7.95. The first kappa shape index (κ1) is 23.0. The zero-order valence-electron chi connectivity index (χ0n) is 15.4. The fraction of sp³-hybridized carbons (Fsp3) is 0.300. The molecule has 0 radical (unpaired) electrons. The molecule has 0 aliphatic rings. The van der Waals surface area contributed by atoms with Gasteiger partial charge < -0.3 is 12.9 Å². The van der Waals surface area contributed by atoms with Gasteiger partial charge >= 0.3 is 0 Å². The van der Waals surface area contributed by atoms with Crippen molar-refractivity contribution in [3.63, 3.8) is 0 Å². The number of aliphatic hydroxyl groups is 1. The molecule has 0 saturated carbocycles. The van der Waals surface area contributed by atoms with Crippen LogP contribution in [0.2, 0.25) is 0 Å². The minimum atomic E-state index is -0.122. The molecule has 142 valence electrons. The molecule has 0 unspecified atom stereocenters. The predicted octanol–water partition coefficient (Wildman–Crippen LogP) is 6.43. The minimum Gasteiger partial charge on any atom is -0.508 e. The highest BCUT2D eigenvalue weighted by Crippen LogP contribution is 2.33. The number of aliphatic hydroxyl groups excluding tert-OH is 1. The average molecular weight is 504 g/mol. The monoisotopic (exact) mass is 504 g/mol. The molecule has 3 nitrogen and oxygen atoms in total. The number of halogens is 1. The van der Waals surface area contributed by atoms with E-state index < -0.39 is 0 Å². The fourth-order valence-electron chi connectivity index (χ4n) is 2.38. The Balaban J connectivity index is 0.00000163. The molecule has 2 rings (SSSR count). The van der Waals surface area contributed by atoms with Crippen LogP contribution >= 0.6 is 47.4 Å². The molecule has 0 saturated heterocycles. The van der Waals surface area contributed by atoms with Gasteiger partial charge in [-0.2, -0.15) is 12.6 Å². The highest BCUT2D eigenvalue weighted by molar-refractivity contribution is 14.1. The van der Waals surface area contributed by atoms with E-state index in [1.165, 1.54) is 22.9 Å². The molecule has 0 bridgehead atoms. The van der Waals surface area contributed by atoms with Crippen LogP contribution in [0.1, 0.15) is 25.0 Å². The van der Waals surface area contributed by atoms with Crippen LogP contribution in [0.3, 0.4) is 0 Å². The summed E-state index contributed by atoms with van der Waals surface area (Å²) in [5, 5.41) is 11.3. The van der Waals surface area contributed by atoms with E-state index in [2.05, 4.69) is 50.7 Å². The van der Waals surface area contributed by atoms with Gasteiger partial charge in [0.25, 0.3) is 0 Å². The van der Waals surface area contributed by atoms with Gasteiger partial charge in [-0.25, -0.2) is 0 Å². The highest BCUT2D eigenvalue weighted by atomic mass is 127. The van der Waals surface area contributed by atoms with E-state index in [1.807, 2.05) is 53.5 Å². The van der Waals surface area contributed by atoms with Crippen molar-refractivity contribution in [3.8, 4) is 11.5 Å². The quantitative estimate of drug-likeness (QED) is 0.259. The first-order valence-corrected chi connectivity index (χ1v) is 11.0. The van der Waals surface area contributed by atoms with Crippen molar-refractivity contribution in [2.24, 2.45) is 0 Å². The van der Waals surface area contributed by atoms with Crippen LogP contribution in [0.15, 0.2) is 59.7 Å². The second kappa shape index (κ2) is 11.7. The minimum absolute atomic E-state index is 0.122. The van der Waals surface area contributed by atoms with Crippen molar-refractivity contribution >= 4 is 47.4 Å². The standard InChI is InChI=1S/C19H21IO3S.CH4S/c1-19(2,15-6-10-18(23-20)11-7-15)14-4-8-17(9-5-14)22-12-16(21)13-24-3;1-2/h4-11,13,21H,12H2,1-3H3;2H,1H3/b16-13-;. The van der Waals surface area contributed by atoms with Crippen molar-refractivity contribution in [3.05, 3.63) is 70.8 Å². The molecule has 0 aliphatic heterocycles. The maximum atomic E-state index is 9.59. The lowest BCUT2D eigenvalue weighted by molar-refractivity contribution is 0.271. The van der Waals surface area contributed by atoms with E-state index in [0.717, 1.165) is 11.5 Å². The molecule has 0 fully saturated rings. The zero-order valence-corrected chi connectivity index (χ0v) is 19.3. The molecule has 0 amide bonds. The van der Waals surface area contributed by atoms with Gasteiger partial charge in [-0.3, -0.25) is 0 Å². The van der Waals surface area contributed by atoms with E-state index in [0.29, 0.717) is 0 Å². The van der Waals surface area contributed by atoms with E-state index >= 15 is 0 Å². The number of hydrogen-bond donors (Lipinski definition) is 2. The molecule has 26 heavy (non-hydrogen) atoms. The van der Waals surface area contributed by atoms with E-state index in [1.54, 1.807) is 11.7 Å². The van der Waals surface area contributed by atoms with Crippen LogP contribution in [-0.2, 0) is 5.41 Å². The first-order chi connectivity index (χ1) is 12.5. The lowest BCUT2D eigenvalue weighted by Gasteiger charge is -2.26. The molecule has 2 aromatic carbocycles. The third kappa shape index (κ3) is 6.63. The second-order valence-corrected chi connectivity index (χ2v) is 7.03. The predicted molar refractivity (Wildman–Crippen MR) is 124 cm³/mol. The number of thioether (sulfide) groups is 1. The van der Waals surface area contributed by atoms with Crippen LogP contribution in [0.4, 0.5) is 0 Å². The van der Waals surface area contributed by atoms with Gasteiger partial charge in [-0.1, -0.05) is 38.1 Å². The summed E-state index contributed by atoms with van der Waals surface area (Å²) >= 11 is 6.86. The molecular weight excluding hydrogens is 479 g/mol. The molecule has 6 heteroatoms. The highest BCUT2D eigenvalue weighted by Gasteiger charge is 2.23. The molecule has 1 N–H and O–H groups in total. The summed E-state index contributed by atoms with van der Waals surface area (Å²) in [5.74, 6) is 1.81. The van der Waals surface area contributed by atoms with Crippen molar-refractivity contribution in [1.82, 2.24) is 0 Å². The summed E-state index contributed by atoms with van der Waals surface area (Å²) in [4.78, 5) is 0. The third-order valence-electron chi connectivity index (χ3n) is 3.88. The molecule has 0 aromatic heterocycles. The van der Waals surface area contributed by atoms with Gasteiger partial charge in [0.05, 0.1) is 0 Å². The Morgan fingerprint density at radius 3 is 1.92 bits per heavy atom. The van der Waals surface area contributed by atoms with E-state index in [4.69, 9.17) is 7.80 Å². The van der Waals surface area contributed by atoms with Crippen molar-refractivity contribution in [1.29, 1.82) is 0 Å². The molecule has 2 aromatic rings. The normalized spacial score (nSPS) is 11.4. The Morgan fingerprint density at radius 1 is 1.04 bits per heavy atom. The topological polar surface area (TPSA) is 38.7 Å². The summed E-state index contributed by atoms with van der Waals surface area (Å²) in [6.07, 6.45) is 3.59. The summed E-state index contributed by atoms with van der Waals surface area (Å²) in [5.41, 5.74) is 2.29. The van der Waals surface area contributed by atoms with E-state index in [9.17, 15) is 5.11 Å². The molecule has 0 heterocycles. The lowest BCUT2D eigenvalue weighted by atomic mass is 9.78. The van der Waals surface area contributed by atoms with Crippen molar-refractivity contribution < 1.29 is 12.9 Å². The third-order valence-corrected chi connectivity index (χ3v) is 4.90. The smallest absolute Gasteiger partial charge is 0.192 e. The summed E-state index contributed by atoms with van der Waals surface area (Å²) in [7, 11) is 0. The van der Waals surface area contributed by atoms with Crippen molar-refractivity contribution in [2.75, 3.05) is 19.1 Å². The van der Waals surface area contributed by atoms with Gasteiger partial charge in [0.2, 0.25) is 0 Å². The fourth-order valence-corrected chi connectivity index (χ4v) is 3.02. The molecule has 0 atom stereocenters. The number of hydrogen-bond acceptors (Lipinski definition) is 5. The molecule has 0 spiro atoms. The van der Waals surface area contributed by atoms with Gasteiger partial charge in [0.15, 0.2) is 23.0 Å².